The summed E-state index contributed by atoms with van der Waals surface area (Å²) in [6.07, 6.45) is 3.10. The van der Waals surface area contributed by atoms with Crippen LogP contribution in [-0.2, 0) is 6.42 Å². The molecule has 6 aromatic rings. The molecule has 178 valence electrons. The Labute approximate surface area is 220 Å². The third-order valence-corrected chi connectivity index (χ3v) is 16.2. The molecule has 4 aromatic carbocycles. The predicted molar refractivity (Wildman–Crippen MR) is 162 cm³/mol. The normalized spacial score (nSPS) is 12.2. The van der Waals surface area contributed by atoms with E-state index < -0.39 is 13.3 Å². The molecule has 36 heavy (non-hydrogen) atoms. The van der Waals surface area contributed by atoms with Crippen LogP contribution in [-0.4, -0.2) is 18.3 Å². The summed E-state index contributed by atoms with van der Waals surface area (Å²) in [6.45, 7) is 4.60. The molecule has 0 fully saturated rings. The molecule has 0 atom stereocenters. The first-order valence-corrected chi connectivity index (χ1v) is 19.9. The number of thiophene rings is 1. The molecule has 0 spiro atoms. The van der Waals surface area contributed by atoms with Gasteiger partial charge in [-0.05, 0) is 0 Å². The summed E-state index contributed by atoms with van der Waals surface area (Å²) in [7, 11) is 0. The van der Waals surface area contributed by atoms with Gasteiger partial charge in [0.2, 0.25) is 0 Å². The zero-order chi connectivity index (χ0) is 24.9. The van der Waals surface area contributed by atoms with Crippen LogP contribution in [0.15, 0.2) is 97.2 Å². The minimum atomic E-state index is -2.56. The van der Waals surface area contributed by atoms with Gasteiger partial charge in [-0.25, -0.2) is 0 Å². The van der Waals surface area contributed by atoms with Crippen LogP contribution in [0.25, 0.3) is 42.2 Å². The van der Waals surface area contributed by atoms with Crippen LogP contribution in [0.2, 0.25) is 11.5 Å². The van der Waals surface area contributed by atoms with Crippen molar-refractivity contribution in [3.05, 3.63) is 103 Å². The summed E-state index contributed by atoms with van der Waals surface area (Å²) < 4.78 is 5.74. The van der Waals surface area contributed by atoms with Crippen molar-refractivity contribution < 1.29 is 0 Å². The molecule has 0 N–H and O–H groups in total. The fourth-order valence-electron chi connectivity index (χ4n) is 5.56. The Bertz CT molecular complexity index is 1710. The number of aromatic nitrogens is 1. The summed E-state index contributed by atoms with van der Waals surface area (Å²) in [5, 5.41) is 5.38. The summed E-state index contributed by atoms with van der Waals surface area (Å²) in [4.78, 5) is 5.00. The molecule has 2 heterocycles. The number of benzene rings is 4. The molecular formula is C33H31GeNS. The Kier molecular flexibility index (Phi) is 5.97. The fraction of sp³-hybridized carbons (Fsp3) is 0.182. The number of hydrogen-bond donors (Lipinski definition) is 0. The molecule has 3 heteroatoms. The second kappa shape index (κ2) is 9.17. The minimum absolute atomic E-state index is 0.633. The van der Waals surface area contributed by atoms with E-state index in [0.717, 1.165) is 12.1 Å². The molecule has 0 bridgehead atoms. The van der Waals surface area contributed by atoms with Gasteiger partial charge in [-0.2, -0.15) is 0 Å². The first-order valence-electron chi connectivity index (χ1n) is 12.8. The van der Waals surface area contributed by atoms with E-state index in [1.54, 1.807) is 0 Å². The summed E-state index contributed by atoms with van der Waals surface area (Å²) in [5.41, 5.74) is 3.80. The number of rotatable bonds is 5. The third kappa shape index (κ3) is 3.97. The Morgan fingerprint density at radius 1 is 0.750 bits per heavy atom. The van der Waals surface area contributed by atoms with Gasteiger partial charge in [-0.15, -0.1) is 0 Å². The monoisotopic (exact) mass is 547 g/mol. The molecule has 1 nitrogen and oxygen atoms in total. The van der Waals surface area contributed by atoms with E-state index in [2.05, 4.69) is 116 Å². The van der Waals surface area contributed by atoms with Crippen LogP contribution in [0.1, 0.15) is 19.4 Å². The number of pyridine rings is 1. The first-order chi connectivity index (χ1) is 17.4. The van der Waals surface area contributed by atoms with Crippen LogP contribution < -0.4 is 8.79 Å². The summed E-state index contributed by atoms with van der Waals surface area (Å²) in [6, 6.07) is 33.8. The molecule has 0 aliphatic carbocycles. The average molecular weight is 546 g/mol. The van der Waals surface area contributed by atoms with Crippen LogP contribution >= 0.6 is 11.3 Å². The van der Waals surface area contributed by atoms with E-state index in [-0.39, 0.29) is 0 Å². The zero-order valence-electron chi connectivity index (χ0n) is 21.4. The van der Waals surface area contributed by atoms with Gasteiger partial charge in [0.05, 0.1) is 0 Å². The Balaban J connectivity index is 1.62. The van der Waals surface area contributed by atoms with Gasteiger partial charge < -0.3 is 0 Å². The van der Waals surface area contributed by atoms with Gasteiger partial charge in [0.25, 0.3) is 0 Å². The molecule has 2 aromatic heterocycles. The average Bonchev–Trinajstić information content (AvgIpc) is 3.28. The molecule has 6 rings (SSSR count). The second-order valence-corrected chi connectivity index (χ2v) is 20.9. The van der Waals surface area contributed by atoms with Crippen molar-refractivity contribution in [1.82, 2.24) is 4.98 Å². The van der Waals surface area contributed by atoms with Crippen molar-refractivity contribution in [2.45, 2.75) is 31.8 Å². The molecule has 0 saturated heterocycles. The van der Waals surface area contributed by atoms with E-state index in [0.29, 0.717) is 5.92 Å². The maximum absolute atomic E-state index is 5.00. The van der Waals surface area contributed by atoms with Gasteiger partial charge in [0.1, 0.15) is 0 Å². The van der Waals surface area contributed by atoms with E-state index in [1.807, 2.05) is 17.5 Å². The van der Waals surface area contributed by atoms with Crippen LogP contribution in [0.4, 0.5) is 0 Å². The SMILES string of the molecule is CC(C)Cc1cccc2c1sc1c(-c3c[c]([Ge]([CH3])([CH3])[c]4ccccc4)c4ccccc4c3)nccc12. The molecular weight excluding hydrogens is 515 g/mol. The predicted octanol–water partition coefficient (Wildman–Crippen LogP) is 8.29. The third-order valence-electron chi connectivity index (χ3n) is 7.43. The second-order valence-electron chi connectivity index (χ2n) is 10.8. The van der Waals surface area contributed by atoms with Gasteiger partial charge in [0, 0.05) is 0 Å². The van der Waals surface area contributed by atoms with Gasteiger partial charge in [-0.1, -0.05) is 0 Å². The van der Waals surface area contributed by atoms with Gasteiger partial charge in [0.15, 0.2) is 0 Å². The number of fused-ring (bicyclic) bond motifs is 4. The first kappa shape index (κ1) is 23.5. The van der Waals surface area contributed by atoms with E-state index in [9.17, 15) is 0 Å². The van der Waals surface area contributed by atoms with Crippen molar-refractivity contribution in [2.75, 3.05) is 0 Å². The molecule has 0 aliphatic rings. The zero-order valence-corrected chi connectivity index (χ0v) is 24.3. The van der Waals surface area contributed by atoms with Gasteiger partial charge >= 0.3 is 221 Å². The van der Waals surface area contributed by atoms with Crippen molar-refractivity contribution in [2.24, 2.45) is 5.92 Å². The fourth-order valence-corrected chi connectivity index (χ4v) is 12.7. The van der Waals surface area contributed by atoms with E-state index in [4.69, 9.17) is 4.98 Å². The standard InChI is InChI=1S/C33H31GeNS/c1-22(2)19-24-12-10-16-28-29-17-18-35-31(33(29)36-32(24)28)25-20-23-11-8-9-15-27(23)30(21-25)34(3,4)26-13-6-5-7-14-26/h5-18,20-22H,19H2,1-4H3. The molecule has 0 saturated carbocycles. The molecule has 0 amide bonds. The van der Waals surface area contributed by atoms with Crippen molar-refractivity contribution >= 4 is 64.3 Å². The quantitative estimate of drug-likeness (QED) is 0.198. The van der Waals surface area contributed by atoms with Gasteiger partial charge in [-0.3, -0.25) is 0 Å². The Morgan fingerprint density at radius 3 is 2.28 bits per heavy atom. The topological polar surface area (TPSA) is 12.9 Å². The van der Waals surface area contributed by atoms with E-state index >= 15 is 0 Å². The number of nitrogens with zero attached hydrogens (tertiary/aromatic N) is 1. The van der Waals surface area contributed by atoms with Crippen LogP contribution in [0.3, 0.4) is 0 Å². The maximum atomic E-state index is 5.00. The summed E-state index contributed by atoms with van der Waals surface area (Å²) >= 11 is -0.643. The molecule has 0 unspecified atom stereocenters. The Hall–Kier alpha value is -2.95. The van der Waals surface area contributed by atoms with E-state index in [1.165, 1.54) is 50.9 Å². The molecule has 0 aliphatic heterocycles. The number of hydrogen-bond acceptors (Lipinski definition) is 2. The van der Waals surface area contributed by atoms with Crippen LogP contribution in [0.5, 0.6) is 0 Å². The van der Waals surface area contributed by atoms with Crippen molar-refractivity contribution in [3.63, 3.8) is 0 Å². The van der Waals surface area contributed by atoms with Crippen LogP contribution in [0, 0.1) is 5.92 Å². The van der Waals surface area contributed by atoms with Crippen molar-refractivity contribution in [3.8, 4) is 11.3 Å². The Morgan fingerprint density at radius 2 is 1.47 bits per heavy atom. The summed E-state index contributed by atoms with van der Waals surface area (Å²) in [5.74, 6) is 5.67. The molecule has 0 radical (unpaired) electrons. The van der Waals surface area contributed by atoms with Crippen molar-refractivity contribution in [1.29, 1.82) is 0 Å².